The SMILES string of the molecule is Cc1ncsc1-c1ccc(-c2cnc([C@@H]3C[C@@H](O)CN3C(=O)[C@@H](NC(=O)CN3CCC(CN4CCN(c5ccc(-c6cnc7[nH]cc(C(=O)c8c(F)ccc(N(N9CC[C@@H](F)C9)S(=O)[O-])c8F)c7c6)cc5)CC4)CC3)C(C)(C)C)[nH]2)cc1. The molecule has 0 bridgehead atoms. The lowest BCUT2D eigenvalue weighted by molar-refractivity contribution is -0.141. The standard InChI is InChI=1S/C59H67F3N12O6S2/c1-35-54(81-34-66-35)39-7-5-38(6-8-39)47-29-65-57(67-47)49-26-43(75)32-73(49)58(78)55(59(2,3)4)68-50(76)33-69-18-15-36(16-19-69)30-70-21-23-71(24-22-70)42-11-9-37(10-12-42)40-25-44-45(28-64-56(44)63-27-40)53(77)51-46(61)13-14-48(52(51)62)74(82(79)80)72-20-17-41(60)31-72/h5-14,25,27-29,34,36,41,43,49,55,75H,15-24,26,30-33H2,1-4H3,(H,63,64)(H,65,67)(H,68,76)(H,79,80)/p-1/t41-,43-,49+,55-/m1/s1. The third kappa shape index (κ3) is 12.0. The van der Waals surface area contributed by atoms with Crippen LogP contribution in [0.15, 0.2) is 90.8 Å². The Kier molecular flexibility index (Phi) is 16.5. The van der Waals surface area contributed by atoms with Gasteiger partial charge in [-0.2, -0.15) is 0 Å². The molecule has 0 radical (unpaired) electrons. The molecule has 2 amide bonds. The van der Waals surface area contributed by atoms with Gasteiger partial charge in [0.2, 0.25) is 17.6 Å². The molecule has 1 unspecified atom stereocenters. The molecular weight excluding hydrogens is 1090 g/mol. The molecule has 0 spiro atoms. The number of benzene rings is 3. The van der Waals surface area contributed by atoms with Gasteiger partial charge in [0.25, 0.3) is 0 Å². The van der Waals surface area contributed by atoms with Crippen LogP contribution >= 0.6 is 11.3 Å². The topological polar surface area (TPSA) is 213 Å². The van der Waals surface area contributed by atoms with Crippen LogP contribution in [-0.4, -0.2) is 166 Å². The van der Waals surface area contributed by atoms with Crippen LogP contribution in [0.1, 0.15) is 79.9 Å². The summed E-state index contributed by atoms with van der Waals surface area (Å²) in [5.41, 5.74) is 6.32. The van der Waals surface area contributed by atoms with E-state index in [1.54, 1.807) is 34.7 Å². The highest BCUT2D eigenvalue weighted by Gasteiger charge is 2.44. The minimum atomic E-state index is -3.08. The fourth-order valence-corrected chi connectivity index (χ4v) is 13.3. The first-order chi connectivity index (χ1) is 39.4. The first kappa shape index (κ1) is 57.0. The number of aryl methyl sites for hydroxylation is 1. The molecule has 18 nitrogen and oxygen atoms in total. The summed E-state index contributed by atoms with van der Waals surface area (Å²) >= 11 is -1.48. The van der Waals surface area contributed by atoms with Gasteiger partial charge in [-0.15, -0.1) is 11.3 Å². The number of fused-ring (bicyclic) bond motifs is 1. The normalized spacial score (nSPS) is 20.4. The number of ketones is 1. The molecule has 432 valence electrons. The Hall–Kier alpha value is -6.86. The molecule has 8 heterocycles. The highest BCUT2D eigenvalue weighted by molar-refractivity contribution is 7.80. The number of hydrogen-bond acceptors (Lipinski definition) is 14. The summed E-state index contributed by atoms with van der Waals surface area (Å²) in [5.74, 6) is -2.95. The first-order valence-electron chi connectivity index (χ1n) is 27.8. The van der Waals surface area contributed by atoms with Crippen LogP contribution < -0.4 is 14.6 Å². The molecule has 23 heteroatoms. The first-order valence-corrected chi connectivity index (χ1v) is 29.7. The molecule has 11 rings (SSSR count). The van der Waals surface area contributed by atoms with Crippen molar-refractivity contribution < 1.29 is 41.4 Å². The Morgan fingerprint density at radius 1 is 0.878 bits per heavy atom. The molecule has 3 aromatic carbocycles. The van der Waals surface area contributed by atoms with Crippen molar-refractivity contribution in [2.24, 2.45) is 11.3 Å². The van der Waals surface area contributed by atoms with E-state index in [1.165, 1.54) is 6.20 Å². The Balaban J connectivity index is 0.652. The second kappa shape index (κ2) is 23.8. The molecule has 0 aliphatic carbocycles. The van der Waals surface area contributed by atoms with Gasteiger partial charge >= 0.3 is 0 Å². The number of aliphatic hydroxyl groups excluding tert-OH is 1. The predicted octanol–water partition coefficient (Wildman–Crippen LogP) is 7.82. The van der Waals surface area contributed by atoms with E-state index in [1.807, 2.05) is 69.6 Å². The average Bonchev–Trinajstić information content (AvgIpc) is 4.51. The number of carbonyl (C=O) groups is 3. The fourth-order valence-electron chi connectivity index (χ4n) is 11.9. The number of alkyl halides is 1. The quantitative estimate of drug-likeness (QED) is 0.0538. The van der Waals surface area contributed by atoms with E-state index in [0.29, 0.717) is 39.2 Å². The lowest BCUT2D eigenvalue weighted by Crippen LogP contribution is -2.56. The summed E-state index contributed by atoms with van der Waals surface area (Å²) in [6.45, 7) is 13.8. The fraction of sp³-hybridized carbons (Fsp3) is 0.424. The molecule has 5 atom stereocenters. The van der Waals surface area contributed by atoms with Gasteiger partial charge in [-0.25, -0.2) is 37.5 Å². The van der Waals surface area contributed by atoms with E-state index >= 15 is 8.78 Å². The lowest BCUT2D eigenvalue weighted by atomic mass is 9.85. The number of aromatic nitrogens is 5. The number of β-amino-alcohol motifs (C(OH)–C–C–N with tert-alkyl or cyclic N) is 1. The number of piperidine rings is 1. The van der Waals surface area contributed by atoms with E-state index in [0.717, 1.165) is 114 Å². The molecule has 4 saturated heterocycles. The van der Waals surface area contributed by atoms with Crippen molar-refractivity contribution in [1.82, 2.24) is 49.9 Å². The van der Waals surface area contributed by atoms with Gasteiger partial charge in [-0.1, -0.05) is 57.2 Å². The van der Waals surface area contributed by atoms with Gasteiger partial charge in [-0.3, -0.25) is 28.4 Å². The van der Waals surface area contributed by atoms with Gasteiger partial charge in [0.05, 0.1) is 70.0 Å². The number of thiazole rings is 1. The largest absolute Gasteiger partial charge is 0.754 e. The van der Waals surface area contributed by atoms with Crippen LogP contribution in [0.25, 0.3) is 43.9 Å². The lowest BCUT2D eigenvalue weighted by Gasteiger charge is -2.40. The van der Waals surface area contributed by atoms with Crippen molar-refractivity contribution in [1.29, 1.82) is 0 Å². The van der Waals surface area contributed by atoms with Gasteiger partial charge in [0, 0.05) is 86.8 Å². The van der Waals surface area contributed by atoms with E-state index in [4.69, 9.17) is 0 Å². The molecule has 0 saturated carbocycles. The Morgan fingerprint density at radius 2 is 1.60 bits per heavy atom. The zero-order valence-corrected chi connectivity index (χ0v) is 47.8. The van der Waals surface area contributed by atoms with Crippen molar-refractivity contribution in [2.75, 3.05) is 81.3 Å². The Morgan fingerprint density at radius 3 is 2.27 bits per heavy atom. The maximum absolute atomic E-state index is 16.1. The number of carbonyl (C=O) groups excluding carboxylic acids is 3. The molecule has 4 aromatic heterocycles. The zero-order valence-electron chi connectivity index (χ0n) is 46.1. The van der Waals surface area contributed by atoms with Crippen LogP contribution in [0, 0.1) is 29.9 Å². The van der Waals surface area contributed by atoms with Crippen LogP contribution in [0.2, 0.25) is 0 Å². The minimum Gasteiger partial charge on any atom is -0.754 e. The number of hydrogen-bond donors (Lipinski definition) is 4. The number of amides is 2. The number of anilines is 2. The van der Waals surface area contributed by atoms with Crippen LogP contribution in [0.3, 0.4) is 0 Å². The summed E-state index contributed by atoms with van der Waals surface area (Å²) in [6.07, 6.45) is 4.94. The molecule has 82 heavy (non-hydrogen) atoms. The zero-order chi connectivity index (χ0) is 57.6. The molecule has 7 aromatic rings. The van der Waals surface area contributed by atoms with Crippen molar-refractivity contribution in [3.8, 4) is 32.8 Å². The third-order valence-corrected chi connectivity index (χ3v) is 18.1. The number of nitrogens with one attached hydrogen (secondary N) is 3. The number of aliphatic hydroxyl groups is 1. The van der Waals surface area contributed by atoms with E-state index < -0.39 is 69.7 Å². The van der Waals surface area contributed by atoms with Crippen molar-refractivity contribution in [3.05, 3.63) is 125 Å². The Labute approximate surface area is 480 Å². The second-order valence-corrected chi connectivity index (χ2v) is 24.7. The van der Waals surface area contributed by atoms with Gasteiger partial charge in [0.15, 0.2) is 5.82 Å². The number of imidazole rings is 1. The number of rotatable bonds is 16. The Bertz CT molecular complexity index is 3480. The van der Waals surface area contributed by atoms with Crippen LogP contribution in [0.5, 0.6) is 0 Å². The number of H-pyrrole nitrogens is 2. The van der Waals surface area contributed by atoms with Gasteiger partial charge < -0.3 is 34.7 Å². The summed E-state index contributed by atoms with van der Waals surface area (Å²) in [7, 11) is 0. The summed E-state index contributed by atoms with van der Waals surface area (Å²) in [5, 5.41) is 15.4. The van der Waals surface area contributed by atoms with E-state index in [2.05, 4.69) is 57.1 Å². The van der Waals surface area contributed by atoms with Crippen LogP contribution in [-0.2, 0) is 20.9 Å². The number of aromatic amines is 2. The number of nitrogens with zero attached hydrogens (tertiary/aromatic N) is 9. The highest BCUT2D eigenvalue weighted by atomic mass is 32.2. The highest BCUT2D eigenvalue weighted by Crippen LogP contribution is 2.37. The van der Waals surface area contributed by atoms with Crippen molar-refractivity contribution >= 4 is 62.6 Å². The minimum absolute atomic E-state index is 0.0106. The van der Waals surface area contributed by atoms with E-state index in [-0.39, 0.29) is 50.0 Å². The predicted molar refractivity (Wildman–Crippen MR) is 308 cm³/mol. The maximum atomic E-state index is 16.1. The van der Waals surface area contributed by atoms with Crippen molar-refractivity contribution in [3.63, 3.8) is 0 Å². The number of piperazine rings is 1. The average molecular weight is 1160 g/mol. The van der Waals surface area contributed by atoms with E-state index in [9.17, 15) is 32.6 Å². The number of hydrazine groups is 1. The van der Waals surface area contributed by atoms with Crippen molar-refractivity contribution in [2.45, 2.75) is 77.7 Å². The number of likely N-dealkylation sites (tertiary alicyclic amines) is 2. The summed E-state index contributed by atoms with van der Waals surface area (Å²) in [4.78, 5) is 71.8. The summed E-state index contributed by atoms with van der Waals surface area (Å²) in [6, 6.07) is 18.3. The van der Waals surface area contributed by atoms with Crippen LogP contribution in [0.4, 0.5) is 24.5 Å². The molecule has 4 aliphatic heterocycles. The van der Waals surface area contributed by atoms with Gasteiger partial charge in [0.1, 0.15) is 35.2 Å². The molecule has 4 N–H and O–H groups in total. The van der Waals surface area contributed by atoms with Gasteiger partial charge in [-0.05, 0) is 97.6 Å². The molecule has 4 fully saturated rings. The number of pyridine rings is 1. The smallest absolute Gasteiger partial charge is 0.246 e. The molecular formula is C59H66F3N12O6S2-. The summed E-state index contributed by atoms with van der Waals surface area (Å²) < 4.78 is 70.4. The maximum Gasteiger partial charge on any atom is 0.246 e. The monoisotopic (exact) mass is 1160 g/mol. The second-order valence-electron chi connectivity index (χ2n) is 23.0. The third-order valence-electron chi connectivity index (χ3n) is 16.4. The number of halogens is 3. The molecule has 4 aliphatic rings.